The number of halogens is 1. The van der Waals surface area contributed by atoms with E-state index in [0.717, 1.165) is 4.90 Å². The molecule has 1 aliphatic heterocycles. The van der Waals surface area contributed by atoms with Crippen molar-refractivity contribution in [1.82, 2.24) is 0 Å². The standard InChI is InChI=1S/C18H12ClNO5/c19-13-6-5-10(9-14(13)20-15(21)7-8-16(20)22)17(23)11-3-1-2-4-12(11)18(24)25/h1-6,9H,7-8H2,(H,24,25). The number of carboxylic acids is 1. The maximum absolute atomic E-state index is 12.7. The van der Waals surface area contributed by atoms with Gasteiger partial charge in [0.2, 0.25) is 11.8 Å². The Hall–Kier alpha value is -2.99. The van der Waals surface area contributed by atoms with E-state index < -0.39 is 11.8 Å². The molecule has 2 aromatic carbocycles. The number of ketones is 1. The number of hydrogen-bond donors (Lipinski definition) is 1. The number of benzene rings is 2. The Bertz CT molecular complexity index is 905. The maximum Gasteiger partial charge on any atom is 0.336 e. The molecule has 7 heteroatoms. The van der Waals surface area contributed by atoms with Crippen LogP contribution in [-0.2, 0) is 9.59 Å². The highest BCUT2D eigenvalue weighted by Crippen LogP contribution is 2.32. The summed E-state index contributed by atoms with van der Waals surface area (Å²) in [7, 11) is 0. The SMILES string of the molecule is O=C(O)c1ccccc1C(=O)c1ccc(Cl)c(N2C(=O)CCC2=O)c1. The molecule has 0 aromatic heterocycles. The summed E-state index contributed by atoms with van der Waals surface area (Å²) < 4.78 is 0. The van der Waals surface area contributed by atoms with Crippen LogP contribution in [0.3, 0.4) is 0 Å². The molecule has 6 nitrogen and oxygen atoms in total. The lowest BCUT2D eigenvalue weighted by molar-refractivity contribution is -0.121. The Labute approximate surface area is 147 Å². The van der Waals surface area contributed by atoms with Crippen LogP contribution in [0.4, 0.5) is 5.69 Å². The lowest BCUT2D eigenvalue weighted by Gasteiger charge is -2.16. The fraction of sp³-hybridized carbons (Fsp3) is 0.111. The topological polar surface area (TPSA) is 91.8 Å². The van der Waals surface area contributed by atoms with E-state index in [1.807, 2.05) is 0 Å². The average molecular weight is 358 g/mol. The third-order valence-electron chi connectivity index (χ3n) is 3.90. The van der Waals surface area contributed by atoms with Crippen LogP contribution in [0.2, 0.25) is 5.02 Å². The molecule has 3 rings (SSSR count). The van der Waals surface area contributed by atoms with E-state index in [0.29, 0.717) is 0 Å². The van der Waals surface area contributed by atoms with Crippen LogP contribution in [0.5, 0.6) is 0 Å². The minimum Gasteiger partial charge on any atom is -0.478 e. The average Bonchev–Trinajstić information content (AvgIpc) is 2.93. The van der Waals surface area contributed by atoms with E-state index in [4.69, 9.17) is 11.6 Å². The summed E-state index contributed by atoms with van der Waals surface area (Å²) in [6, 6.07) is 10.00. The second-order valence-electron chi connectivity index (χ2n) is 5.47. The van der Waals surface area contributed by atoms with E-state index in [2.05, 4.69) is 0 Å². The largest absolute Gasteiger partial charge is 0.478 e. The van der Waals surface area contributed by atoms with Gasteiger partial charge in [-0.1, -0.05) is 29.8 Å². The summed E-state index contributed by atoms with van der Waals surface area (Å²) in [6.07, 6.45) is 0.185. The molecule has 1 fully saturated rings. The van der Waals surface area contributed by atoms with Gasteiger partial charge in [-0.05, 0) is 24.3 Å². The smallest absolute Gasteiger partial charge is 0.336 e. The predicted molar refractivity (Wildman–Crippen MR) is 90.0 cm³/mol. The van der Waals surface area contributed by atoms with Crippen molar-refractivity contribution in [3.8, 4) is 0 Å². The number of carboxylic acid groups (broad SMARTS) is 1. The normalized spacial score (nSPS) is 14.0. The number of imide groups is 1. The van der Waals surface area contributed by atoms with E-state index in [9.17, 15) is 24.3 Å². The molecule has 0 aliphatic carbocycles. The molecule has 1 heterocycles. The number of carbonyl (C=O) groups is 4. The molecule has 2 aromatic rings. The summed E-state index contributed by atoms with van der Waals surface area (Å²) in [5, 5.41) is 9.39. The lowest BCUT2D eigenvalue weighted by Crippen LogP contribution is -2.29. The fourth-order valence-corrected chi connectivity index (χ4v) is 2.90. The first kappa shape index (κ1) is 16.9. The predicted octanol–water partition coefficient (Wildman–Crippen LogP) is 2.92. The van der Waals surface area contributed by atoms with Gasteiger partial charge in [0.05, 0.1) is 16.3 Å². The van der Waals surface area contributed by atoms with Crippen LogP contribution in [0.15, 0.2) is 42.5 Å². The number of nitrogens with zero attached hydrogens (tertiary/aromatic N) is 1. The monoisotopic (exact) mass is 357 g/mol. The molecule has 0 saturated carbocycles. The highest BCUT2D eigenvalue weighted by molar-refractivity contribution is 6.36. The number of amides is 2. The molecule has 1 saturated heterocycles. The van der Waals surface area contributed by atoms with Gasteiger partial charge in [0.25, 0.3) is 0 Å². The first-order valence-corrected chi connectivity index (χ1v) is 7.80. The van der Waals surface area contributed by atoms with Crippen LogP contribution in [0, 0.1) is 0 Å². The zero-order chi connectivity index (χ0) is 18.1. The minimum atomic E-state index is -1.22. The fourth-order valence-electron chi connectivity index (χ4n) is 2.69. The zero-order valence-corrected chi connectivity index (χ0v) is 13.6. The summed E-state index contributed by atoms with van der Waals surface area (Å²) >= 11 is 6.09. The molecule has 126 valence electrons. The molecule has 0 spiro atoms. The molecular formula is C18H12ClNO5. The Morgan fingerprint density at radius 3 is 2.16 bits per heavy atom. The minimum absolute atomic E-state index is 0.0161. The number of carbonyl (C=O) groups excluding carboxylic acids is 3. The van der Waals surface area contributed by atoms with E-state index in [-0.39, 0.29) is 52.1 Å². The van der Waals surface area contributed by atoms with Crippen molar-refractivity contribution < 1.29 is 24.3 Å². The Kier molecular flexibility index (Phi) is 4.37. The third-order valence-corrected chi connectivity index (χ3v) is 4.22. The molecule has 0 radical (unpaired) electrons. The summed E-state index contributed by atoms with van der Waals surface area (Å²) in [5.74, 6) is -2.53. The number of aromatic carboxylic acids is 1. The Morgan fingerprint density at radius 1 is 0.960 bits per heavy atom. The summed E-state index contributed by atoms with van der Waals surface area (Å²) in [6.45, 7) is 0. The van der Waals surface area contributed by atoms with Gasteiger partial charge >= 0.3 is 5.97 Å². The van der Waals surface area contributed by atoms with Crippen molar-refractivity contribution in [3.63, 3.8) is 0 Å². The first-order chi connectivity index (χ1) is 11.9. The van der Waals surface area contributed by atoms with Crippen LogP contribution < -0.4 is 4.90 Å². The van der Waals surface area contributed by atoms with Gasteiger partial charge in [-0.2, -0.15) is 0 Å². The highest BCUT2D eigenvalue weighted by atomic mass is 35.5. The van der Waals surface area contributed by atoms with Crippen LogP contribution in [0.1, 0.15) is 39.1 Å². The van der Waals surface area contributed by atoms with Gasteiger partial charge in [0.15, 0.2) is 5.78 Å². The van der Waals surface area contributed by atoms with Gasteiger partial charge < -0.3 is 5.11 Å². The van der Waals surface area contributed by atoms with Gasteiger partial charge in [-0.15, -0.1) is 0 Å². The number of hydrogen-bond acceptors (Lipinski definition) is 4. The van der Waals surface area contributed by atoms with Gasteiger partial charge in [0, 0.05) is 24.0 Å². The summed E-state index contributed by atoms with van der Waals surface area (Å²) in [4.78, 5) is 48.8. The first-order valence-electron chi connectivity index (χ1n) is 7.42. The summed E-state index contributed by atoms with van der Waals surface area (Å²) in [5.41, 5.74) is 0.160. The third kappa shape index (κ3) is 3.04. The molecule has 0 unspecified atom stereocenters. The lowest BCUT2D eigenvalue weighted by atomic mass is 9.98. The van der Waals surface area contributed by atoms with Crippen molar-refractivity contribution in [2.24, 2.45) is 0 Å². The van der Waals surface area contributed by atoms with Crippen LogP contribution >= 0.6 is 11.6 Å². The van der Waals surface area contributed by atoms with Crippen LogP contribution in [0.25, 0.3) is 0 Å². The Balaban J connectivity index is 2.06. The van der Waals surface area contributed by atoms with Crippen molar-refractivity contribution in [3.05, 3.63) is 64.2 Å². The molecule has 1 N–H and O–H groups in total. The quantitative estimate of drug-likeness (QED) is 0.671. The molecule has 25 heavy (non-hydrogen) atoms. The molecule has 2 amide bonds. The second-order valence-corrected chi connectivity index (χ2v) is 5.88. The molecule has 0 bridgehead atoms. The van der Waals surface area contributed by atoms with Gasteiger partial charge in [-0.25, -0.2) is 9.69 Å². The molecule has 1 aliphatic rings. The highest BCUT2D eigenvalue weighted by Gasteiger charge is 2.32. The maximum atomic E-state index is 12.7. The number of anilines is 1. The van der Waals surface area contributed by atoms with E-state index in [1.165, 1.54) is 36.4 Å². The number of rotatable bonds is 4. The second kappa shape index (κ2) is 6.49. The Morgan fingerprint density at radius 2 is 1.56 bits per heavy atom. The van der Waals surface area contributed by atoms with Crippen molar-refractivity contribution >= 4 is 40.9 Å². The van der Waals surface area contributed by atoms with Gasteiger partial charge in [0.1, 0.15) is 0 Å². The zero-order valence-electron chi connectivity index (χ0n) is 12.9. The molecular weight excluding hydrogens is 346 g/mol. The molecule has 0 atom stereocenters. The van der Waals surface area contributed by atoms with Crippen molar-refractivity contribution in [2.45, 2.75) is 12.8 Å². The van der Waals surface area contributed by atoms with Gasteiger partial charge in [-0.3, -0.25) is 14.4 Å². The van der Waals surface area contributed by atoms with E-state index in [1.54, 1.807) is 6.07 Å². The van der Waals surface area contributed by atoms with Crippen molar-refractivity contribution in [1.29, 1.82) is 0 Å². The van der Waals surface area contributed by atoms with Crippen molar-refractivity contribution in [2.75, 3.05) is 4.90 Å². The van der Waals surface area contributed by atoms with E-state index >= 15 is 0 Å². The van der Waals surface area contributed by atoms with Crippen LogP contribution in [-0.4, -0.2) is 28.7 Å².